The molecular weight excluding hydrogens is 468 g/mol. The van der Waals surface area contributed by atoms with Gasteiger partial charge in [0.15, 0.2) is 15.9 Å². The highest BCUT2D eigenvalue weighted by Gasteiger charge is 2.34. The molecule has 2 aromatic rings. The molecule has 1 aliphatic rings. The number of amides is 2. The van der Waals surface area contributed by atoms with Crippen LogP contribution in [0, 0.1) is 23.2 Å². The number of nitrogens with zero attached hydrogens (tertiary/aromatic N) is 2. The maximum Gasteiger partial charge on any atom is 0.258 e. The zero-order valence-electron chi connectivity index (χ0n) is 19.4. The van der Waals surface area contributed by atoms with Crippen LogP contribution in [0.5, 0.6) is 5.75 Å². The molecule has 35 heavy (non-hydrogen) atoms. The third kappa shape index (κ3) is 7.52. The lowest BCUT2D eigenvalue weighted by molar-refractivity contribution is -0.127. The lowest BCUT2D eigenvalue weighted by atomic mass is 9.80. The Labute approximate surface area is 205 Å². The lowest BCUT2D eigenvalue weighted by Gasteiger charge is -2.30. The van der Waals surface area contributed by atoms with Crippen molar-refractivity contribution >= 4 is 21.7 Å². The summed E-state index contributed by atoms with van der Waals surface area (Å²) in [7, 11) is -3.65. The number of carbonyl (C=O) groups excluding carboxylic acids is 2. The Kier molecular flexibility index (Phi) is 9.20. The summed E-state index contributed by atoms with van der Waals surface area (Å²) in [5.74, 6) is -1.41. The third-order valence-corrected chi connectivity index (χ3v) is 8.10. The molecule has 2 amide bonds. The first-order valence-electron chi connectivity index (χ1n) is 11.6. The van der Waals surface area contributed by atoms with E-state index in [4.69, 9.17) is 15.7 Å². The average molecular weight is 499 g/mol. The molecule has 1 fully saturated rings. The number of primary amides is 1. The number of nitrogens with one attached hydrogen (secondary N) is 1. The van der Waals surface area contributed by atoms with E-state index in [9.17, 15) is 18.0 Å². The Balaban J connectivity index is 1.64. The van der Waals surface area contributed by atoms with Crippen LogP contribution in [0.4, 0.5) is 0 Å². The Hall–Kier alpha value is -3.45. The third-order valence-electron chi connectivity index (χ3n) is 6.24. The van der Waals surface area contributed by atoms with Gasteiger partial charge in [-0.1, -0.05) is 12.8 Å². The van der Waals surface area contributed by atoms with Gasteiger partial charge >= 0.3 is 0 Å². The molecule has 9 nitrogen and oxygen atoms in total. The second kappa shape index (κ2) is 12.3. The normalized spacial score (nSPS) is 18.7. The average Bonchev–Trinajstić information content (AvgIpc) is 2.86. The first kappa shape index (κ1) is 26.2. The molecule has 3 N–H and O–H groups in total. The van der Waals surface area contributed by atoms with Crippen molar-refractivity contribution in [1.29, 1.82) is 5.26 Å². The summed E-state index contributed by atoms with van der Waals surface area (Å²) >= 11 is 0. The maximum absolute atomic E-state index is 13.1. The van der Waals surface area contributed by atoms with Crippen molar-refractivity contribution in [3.8, 4) is 11.8 Å². The molecule has 1 aliphatic carbocycles. The lowest BCUT2D eigenvalue weighted by Crippen LogP contribution is -2.39. The van der Waals surface area contributed by atoms with Gasteiger partial charge in [0.25, 0.3) is 5.91 Å². The molecule has 0 aliphatic heterocycles. The Morgan fingerprint density at radius 2 is 1.83 bits per heavy atom. The topological polar surface area (TPSA) is 152 Å². The summed E-state index contributed by atoms with van der Waals surface area (Å²) < 4.78 is 31.9. The molecule has 1 saturated carbocycles. The summed E-state index contributed by atoms with van der Waals surface area (Å²) in [5.41, 5.74) is 6.50. The second-order valence-corrected chi connectivity index (χ2v) is 10.7. The largest absolute Gasteiger partial charge is 0.481 e. The summed E-state index contributed by atoms with van der Waals surface area (Å²) in [5, 5.41) is 11.3. The van der Waals surface area contributed by atoms with Crippen LogP contribution in [-0.2, 0) is 25.8 Å². The summed E-state index contributed by atoms with van der Waals surface area (Å²) in [6, 6.07) is 11.5. The first-order chi connectivity index (χ1) is 16.8. The highest BCUT2D eigenvalue weighted by molar-refractivity contribution is 7.91. The first-order valence-corrected chi connectivity index (χ1v) is 13.3. The number of hydrogen-bond acceptors (Lipinski definition) is 7. The SMILES string of the molecule is N#CCNC(=O)[C@H]1CCCC[C@@H]1CS(=O)(=O)c1ccc(OC(CCc2ccncc2)C(N)=O)cc1. The van der Waals surface area contributed by atoms with Crippen LogP contribution in [0.1, 0.15) is 37.7 Å². The molecule has 1 aromatic heterocycles. The molecular formula is C25H30N4O5S. The van der Waals surface area contributed by atoms with Crippen LogP contribution in [-0.4, -0.2) is 43.6 Å². The van der Waals surface area contributed by atoms with Crippen LogP contribution in [0.2, 0.25) is 0 Å². The van der Waals surface area contributed by atoms with E-state index in [2.05, 4.69) is 10.3 Å². The number of benzene rings is 1. The van der Waals surface area contributed by atoms with Gasteiger partial charge in [-0.25, -0.2) is 8.42 Å². The fourth-order valence-electron chi connectivity index (χ4n) is 4.38. The molecule has 0 bridgehead atoms. The van der Waals surface area contributed by atoms with Gasteiger partial charge in [-0.3, -0.25) is 14.6 Å². The number of carbonyl (C=O) groups is 2. The highest BCUT2D eigenvalue weighted by atomic mass is 32.2. The van der Waals surface area contributed by atoms with Crippen LogP contribution in [0.15, 0.2) is 53.7 Å². The number of ether oxygens (including phenoxy) is 1. The second-order valence-electron chi connectivity index (χ2n) is 8.68. The van der Waals surface area contributed by atoms with E-state index >= 15 is 0 Å². The Morgan fingerprint density at radius 3 is 2.49 bits per heavy atom. The van der Waals surface area contributed by atoms with Crippen LogP contribution in [0.25, 0.3) is 0 Å². The van der Waals surface area contributed by atoms with Crippen molar-refractivity contribution in [1.82, 2.24) is 10.3 Å². The van der Waals surface area contributed by atoms with Gasteiger partial charge in [0.2, 0.25) is 5.91 Å². The van der Waals surface area contributed by atoms with Crippen molar-refractivity contribution in [3.05, 3.63) is 54.4 Å². The summed E-state index contributed by atoms with van der Waals surface area (Å²) in [4.78, 5) is 28.4. The molecule has 0 spiro atoms. The van der Waals surface area contributed by atoms with Crippen molar-refractivity contribution in [2.75, 3.05) is 12.3 Å². The van der Waals surface area contributed by atoms with E-state index in [1.165, 1.54) is 24.3 Å². The van der Waals surface area contributed by atoms with Crippen LogP contribution in [0.3, 0.4) is 0 Å². The van der Waals surface area contributed by atoms with Gasteiger partial charge in [0.05, 0.1) is 16.7 Å². The van der Waals surface area contributed by atoms with Gasteiger partial charge in [0.1, 0.15) is 12.3 Å². The van der Waals surface area contributed by atoms with E-state index in [1.54, 1.807) is 12.4 Å². The van der Waals surface area contributed by atoms with Crippen molar-refractivity contribution in [2.24, 2.45) is 17.6 Å². The summed E-state index contributed by atoms with van der Waals surface area (Å²) in [6.07, 6.45) is 6.40. The molecule has 1 unspecified atom stereocenters. The number of nitriles is 1. The highest BCUT2D eigenvalue weighted by Crippen LogP contribution is 2.33. The monoisotopic (exact) mass is 498 g/mol. The zero-order valence-corrected chi connectivity index (χ0v) is 20.2. The minimum atomic E-state index is -3.65. The maximum atomic E-state index is 13.1. The number of sulfone groups is 1. The Morgan fingerprint density at radius 1 is 1.14 bits per heavy atom. The molecule has 186 valence electrons. The summed E-state index contributed by atoms with van der Waals surface area (Å²) in [6.45, 7) is -0.0921. The van der Waals surface area contributed by atoms with Crippen molar-refractivity contribution in [3.63, 3.8) is 0 Å². The molecule has 10 heteroatoms. The number of rotatable bonds is 11. The van der Waals surface area contributed by atoms with E-state index in [-0.39, 0.29) is 29.0 Å². The van der Waals surface area contributed by atoms with Gasteiger partial charge in [0, 0.05) is 18.3 Å². The quantitative estimate of drug-likeness (QED) is 0.450. The van der Waals surface area contributed by atoms with E-state index in [0.29, 0.717) is 31.4 Å². The number of pyridine rings is 1. The molecule has 0 radical (unpaired) electrons. The number of hydrogen-bond donors (Lipinski definition) is 2. The molecule has 1 heterocycles. The molecule has 3 atom stereocenters. The fraction of sp³-hybridized carbons (Fsp3) is 0.440. The predicted octanol–water partition coefficient (Wildman–Crippen LogP) is 2.17. The van der Waals surface area contributed by atoms with Gasteiger partial charge in [-0.2, -0.15) is 5.26 Å². The minimum absolute atomic E-state index is 0.0921. The van der Waals surface area contributed by atoms with Crippen molar-refractivity contribution in [2.45, 2.75) is 49.5 Å². The predicted molar refractivity (Wildman–Crippen MR) is 129 cm³/mol. The van der Waals surface area contributed by atoms with Crippen LogP contribution >= 0.6 is 0 Å². The minimum Gasteiger partial charge on any atom is -0.481 e. The molecule has 3 rings (SSSR count). The zero-order chi connectivity index (χ0) is 25.3. The standard InChI is InChI=1S/C25H30N4O5S/c26-13-16-29-25(31)22-4-2-1-3-19(22)17-35(32,33)21-8-6-20(7-9-21)34-23(24(27)30)10-5-18-11-14-28-15-12-18/h6-9,11-12,14-15,19,22-23H,1-5,10,16-17H2,(H2,27,30)(H,29,31)/t19-,22+,23?/m1/s1. The van der Waals surface area contributed by atoms with E-state index in [0.717, 1.165) is 18.4 Å². The number of aromatic nitrogens is 1. The van der Waals surface area contributed by atoms with Gasteiger partial charge in [-0.05, 0) is 73.6 Å². The van der Waals surface area contributed by atoms with Crippen molar-refractivity contribution < 1.29 is 22.7 Å². The van der Waals surface area contributed by atoms with E-state index in [1.807, 2.05) is 18.2 Å². The molecule has 1 aromatic carbocycles. The Bertz CT molecular complexity index is 1150. The number of aryl methyl sites for hydroxylation is 1. The smallest absolute Gasteiger partial charge is 0.258 e. The van der Waals surface area contributed by atoms with Gasteiger partial charge in [-0.15, -0.1) is 0 Å². The van der Waals surface area contributed by atoms with Gasteiger partial charge < -0.3 is 15.8 Å². The van der Waals surface area contributed by atoms with E-state index < -0.39 is 27.8 Å². The fourth-order valence-corrected chi connectivity index (χ4v) is 6.09. The van der Waals surface area contributed by atoms with Crippen LogP contribution < -0.4 is 15.8 Å². The number of nitrogens with two attached hydrogens (primary N) is 1. The molecule has 0 saturated heterocycles.